The molecule has 0 aliphatic rings. The third kappa shape index (κ3) is 11.7. The fraction of sp³-hybridized carbons (Fsp3) is 0.857. The van der Waals surface area contributed by atoms with E-state index in [0.717, 1.165) is 6.42 Å². The molecule has 1 aromatic rings. The molecule has 0 unspecified atom stereocenters. The molecular formula is C21H40N2O. The van der Waals surface area contributed by atoms with Crippen molar-refractivity contribution in [1.82, 2.24) is 9.55 Å². The fourth-order valence-corrected chi connectivity index (χ4v) is 3.27. The number of nitrogens with zero attached hydrogens (tertiary/aromatic N) is 2. The molecule has 0 saturated heterocycles. The Morgan fingerprint density at radius 2 is 1.29 bits per heavy atom. The molecule has 140 valence electrons. The number of hydrogen-bond donors (Lipinski definition) is 1. The molecule has 0 aliphatic heterocycles. The van der Waals surface area contributed by atoms with E-state index in [2.05, 4.69) is 18.1 Å². The molecule has 0 aromatic carbocycles. The van der Waals surface area contributed by atoms with Gasteiger partial charge in [0.2, 0.25) is 0 Å². The Morgan fingerprint density at radius 3 is 1.79 bits per heavy atom. The van der Waals surface area contributed by atoms with Crippen LogP contribution in [0.3, 0.4) is 0 Å². The van der Waals surface area contributed by atoms with Gasteiger partial charge in [0.05, 0.1) is 18.6 Å². The van der Waals surface area contributed by atoms with Crippen molar-refractivity contribution in [3.05, 3.63) is 18.2 Å². The van der Waals surface area contributed by atoms with E-state index in [4.69, 9.17) is 5.11 Å². The second kappa shape index (κ2) is 15.7. The number of unbranched alkanes of at least 4 members (excludes halogenated alkanes) is 13. The highest BCUT2D eigenvalue weighted by Gasteiger charge is 1.99. The van der Waals surface area contributed by atoms with Crippen molar-refractivity contribution in [3.8, 4) is 0 Å². The average Bonchev–Trinajstić information content (AvgIpc) is 3.03. The summed E-state index contributed by atoms with van der Waals surface area (Å²) in [5.41, 5.74) is 1.17. The molecular weight excluding hydrogens is 296 g/mol. The smallest absolute Gasteiger partial charge is 0.0950 e. The number of aliphatic hydroxyl groups excluding tert-OH is 1. The molecule has 0 fully saturated rings. The van der Waals surface area contributed by atoms with E-state index >= 15 is 0 Å². The van der Waals surface area contributed by atoms with Crippen LogP contribution < -0.4 is 0 Å². The van der Waals surface area contributed by atoms with Crippen LogP contribution in [0, 0.1) is 0 Å². The van der Waals surface area contributed by atoms with Gasteiger partial charge in [0.25, 0.3) is 0 Å². The van der Waals surface area contributed by atoms with Crippen LogP contribution in [0.1, 0.15) is 103 Å². The molecule has 0 amide bonds. The van der Waals surface area contributed by atoms with E-state index < -0.39 is 0 Å². The van der Waals surface area contributed by atoms with E-state index in [-0.39, 0.29) is 6.61 Å². The van der Waals surface area contributed by atoms with Crippen molar-refractivity contribution in [2.24, 2.45) is 0 Å². The van der Waals surface area contributed by atoms with Gasteiger partial charge in [0.1, 0.15) is 0 Å². The van der Waals surface area contributed by atoms with Crippen LogP contribution in [0.4, 0.5) is 0 Å². The molecule has 24 heavy (non-hydrogen) atoms. The highest BCUT2D eigenvalue weighted by atomic mass is 16.3. The largest absolute Gasteiger partial charge is 0.395 e. The van der Waals surface area contributed by atoms with Gasteiger partial charge in [-0.15, -0.1) is 0 Å². The van der Waals surface area contributed by atoms with Crippen molar-refractivity contribution < 1.29 is 5.11 Å². The summed E-state index contributed by atoms with van der Waals surface area (Å²) >= 11 is 0. The number of imidazole rings is 1. The highest BCUT2D eigenvalue weighted by Crippen LogP contribution is 2.13. The second-order valence-corrected chi connectivity index (χ2v) is 7.17. The van der Waals surface area contributed by atoms with E-state index in [0.29, 0.717) is 6.54 Å². The first-order valence-electron chi connectivity index (χ1n) is 10.5. The summed E-state index contributed by atoms with van der Waals surface area (Å²) in [6.07, 6.45) is 24.6. The van der Waals surface area contributed by atoms with Crippen molar-refractivity contribution >= 4 is 0 Å². The molecule has 1 aromatic heterocycles. The normalized spacial score (nSPS) is 11.2. The van der Waals surface area contributed by atoms with Gasteiger partial charge >= 0.3 is 0 Å². The monoisotopic (exact) mass is 336 g/mol. The first-order chi connectivity index (χ1) is 11.9. The molecule has 1 N–H and O–H groups in total. The van der Waals surface area contributed by atoms with Crippen LogP contribution in [0.5, 0.6) is 0 Å². The zero-order valence-electron chi connectivity index (χ0n) is 16.0. The lowest BCUT2D eigenvalue weighted by atomic mass is 10.0. The molecule has 3 heteroatoms. The highest BCUT2D eigenvalue weighted by molar-refractivity contribution is 4.96. The van der Waals surface area contributed by atoms with E-state index in [1.165, 1.54) is 95.6 Å². The summed E-state index contributed by atoms with van der Waals surface area (Å²) < 4.78 is 1.97. The first kappa shape index (κ1) is 21.2. The van der Waals surface area contributed by atoms with Gasteiger partial charge in [0.15, 0.2) is 0 Å². The van der Waals surface area contributed by atoms with Gasteiger partial charge in [-0.25, -0.2) is 4.98 Å². The average molecular weight is 337 g/mol. The van der Waals surface area contributed by atoms with Crippen molar-refractivity contribution in [1.29, 1.82) is 0 Å². The minimum atomic E-state index is 0.189. The number of rotatable bonds is 17. The van der Waals surface area contributed by atoms with Crippen LogP contribution in [-0.2, 0) is 13.0 Å². The Kier molecular flexibility index (Phi) is 13.9. The Hall–Kier alpha value is -0.830. The van der Waals surface area contributed by atoms with Gasteiger partial charge in [-0.05, 0) is 12.8 Å². The standard InChI is InChI=1S/C21H40N2O/c1-2-3-4-5-6-7-8-9-10-11-12-13-14-15-16-21-19-23(17-18-24)20-22-21/h19-20,24H,2-18H2,1H3. The lowest BCUT2D eigenvalue weighted by molar-refractivity contribution is 0.276. The summed E-state index contributed by atoms with van der Waals surface area (Å²) in [4.78, 5) is 4.39. The zero-order chi connectivity index (χ0) is 17.3. The van der Waals surface area contributed by atoms with E-state index in [9.17, 15) is 0 Å². The summed E-state index contributed by atoms with van der Waals surface area (Å²) in [6.45, 7) is 3.13. The van der Waals surface area contributed by atoms with Crippen LogP contribution in [0.2, 0.25) is 0 Å². The lowest BCUT2D eigenvalue weighted by Crippen LogP contribution is -1.98. The summed E-state index contributed by atoms with van der Waals surface area (Å²) in [5, 5.41) is 8.89. The van der Waals surface area contributed by atoms with Gasteiger partial charge in [-0.3, -0.25) is 0 Å². The van der Waals surface area contributed by atoms with E-state index in [1.807, 2.05) is 10.9 Å². The Labute approximate surface area is 149 Å². The zero-order valence-corrected chi connectivity index (χ0v) is 16.0. The van der Waals surface area contributed by atoms with Crippen LogP contribution in [-0.4, -0.2) is 21.3 Å². The van der Waals surface area contributed by atoms with Crippen molar-refractivity contribution in [2.45, 2.75) is 110 Å². The number of hydrogen-bond acceptors (Lipinski definition) is 2. The van der Waals surface area contributed by atoms with Gasteiger partial charge in [-0.2, -0.15) is 0 Å². The molecule has 1 heterocycles. The number of aromatic nitrogens is 2. The van der Waals surface area contributed by atoms with Gasteiger partial charge in [-0.1, -0.05) is 90.4 Å². The van der Waals surface area contributed by atoms with E-state index in [1.54, 1.807) is 0 Å². The van der Waals surface area contributed by atoms with Crippen LogP contribution in [0.15, 0.2) is 12.5 Å². The maximum absolute atomic E-state index is 8.89. The second-order valence-electron chi connectivity index (χ2n) is 7.17. The van der Waals surface area contributed by atoms with Crippen molar-refractivity contribution in [3.63, 3.8) is 0 Å². The third-order valence-electron chi connectivity index (χ3n) is 4.83. The summed E-state index contributed by atoms with van der Waals surface area (Å²) in [6, 6.07) is 0. The van der Waals surface area contributed by atoms with Gasteiger partial charge < -0.3 is 9.67 Å². The maximum Gasteiger partial charge on any atom is 0.0950 e. The predicted octanol–water partition coefficient (Wildman–Crippen LogP) is 5.90. The van der Waals surface area contributed by atoms with Gasteiger partial charge in [0, 0.05) is 12.7 Å². The molecule has 1 rings (SSSR count). The topological polar surface area (TPSA) is 38.0 Å². The lowest BCUT2D eigenvalue weighted by Gasteiger charge is -2.03. The fourth-order valence-electron chi connectivity index (χ4n) is 3.27. The SMILES string of the molecule is CCCCCCCCCCCCCCCCc1cn(CCO)cn1. The minimum absolute atomic E-state index is 0.189. The predicted molar refractivity (Wildman–Crippen MR) is 103 cm³/mol. The quantitative estimate of drug-likeness (QED) is 0.360. The molecule has 0 saturated carbocycles. The third-order valence-corrected chi connectivity index (χ3v) is 4.83. The molecule has 0 radical (unpaired) electrons. The molecule has 3 nitrogen and oxygen atoms in total. The summed E-state index contributed by atoms with van der Waals surface area (Å²) in [5.74, 6) is 0. The molecule has 0 bridgehead atoms. The maximum atomic E-state index is 8.89. The number of aryl methyl sites for hydroxylation is 1. The minimum Gasteiger partial charge on any atom is -0.395 e. The number of aliphatic hydroxyl groups is 1. The Bertz CT molecular complexity index is 376. The Morgan fingerprint density at radius 1 is 0.792 bits per heavy atom. The van der Waals surface area contributed by atoms with Crippen LogP contribution >= 0.6 is 0 Å². The van der Waals surface area contributed by atoms with Crippen LogP contribution in [0.25, 0.3) is 0 Å². The molecule has 0 spiro atoms. The molecule has 0 atom stereocenters. The first-order valence-corrected chi connectivity index (χ1v) is 10.5. The molecule has 0 aliphatic carbocycles. The van der Waals surface area contributed by atoms with Crippen molar-refractivity contribution in [2.75, 3.05) is 6.61 Å². The summed E-state index contributed by atoms with van der Waals surface area (Å²) in [7, 11) is 0. The Balaban J connectivity index is 1.79.